The molecule has 0 aromatic heterocycles. The fourth-order valence-corrected chi connectivity index (χ4v) is 6.43. The molecule has 2 amide bonds. The predicted octanol–water partition coefficient (Wildman–Crippen LogP) is 7.18. The topological polar surface area (TPSA) is 86.8 Å². The van der Waals surface area contributed by atoms with Crippen LogP contribution < -0.4 is 9.62 Å². The molecule has 11 heteroatoms. The number of benzene rings is 3. The van der Waals surface area contributed by atoms with Gasteiger partial charge in [0.25, 0.3) is 10.0 Å². The van der Waals surface area contributed by atoms with E-state index >= 15 is 0 Å². The van der Waals surface area contributed by atoms with E-state index in [0.717, 1.165) is 15.4 Å². The van der Waals surface area contributed by atoms with Crippen LogP contribution in [0, 0.1) is 13.8 Å². The minimum absolute atomic E-state index is 0.0100. The van der Waals surface area contributed by atoms with Gasteiger partial charge < -0.3 is 10.2 Å². The summed E-state index contributed by atoms with van der Waals surface area (Å²) in [6.07, 6.45) is 0.261. The first-order valence-corrected chi connectivity index (χ1v) is 16.0. The van der Waals surface area contributed by atoms with Crippen LogP contribution in [0.4, 0.5) is 5.69 Å². The van der Waals surface area contributed by atoms with Crippen molar-refractivity contribution in [1.29, 1.82) is 0 Å². The molecule has 3 aromatic carbocycles. The highest BCUT2D eigenvalue weighted by molar-refractivity contribution is 7.92. The Morgan fingerprint density at radius 1 is 0.905 bits per heavy atom. The molecule has 3 rings (SSSR count). The number of carbonyl (C=O) groups excluding carboxylic acids is 2. The molecule has 0 heterocycles. The molecule has 0 saturated carbocycles. The van der Waals surface area contributed by atoms with E-state index in [0.29, 0.717) is 20.6 Å². The second-order valence-corrected chi connectivity index (χ2v) is 14.2. The van der Waals surface area contributed by atoms with Crippen molar-refractivity contribution in [2.75, 3.05) is 10.8 Å². The van der Waals surface area contributed by atoms with Gasteiger partial charge in [-0.1, -0.05) is 71.6 Å². The van der Waals surface area contributed by atoms with Crippen LogP contribution in [0.1, 0.15) is 50.8 Å². The number of carbonyl (C=O) groups is 2. The fourth-order valence-electron chi connectivity index (χ4n) is 4.33. The Kier molecular flexibility index (Phi) is 11.0. The molecule has 1 unspecified atom stereocenters. The summed E-state index contributed by atoms with van der Waals surface area (Å²) in [6.45, 7) is 10.2. The quantitative estimate of drug-likeness (QED) is 0.251. The summed E-state index contributed by atoms with van der Waals surface area (Å²) in [7, 11) is -4.23. The van der Waals surface area contributed by atoms with Gasteiger partial charge in [0.2, 0.25) is 11.8 Å². The molecule has 0 fully saturated rings. The second-order valence-electron chi connectivity index (χ2n) is 11.1. The van der Waals surface area contributed by atoms with Crippen LogP contribution in [0.3, 0.4) is 0 Å². The molecule has 7 nitrogen and oxygen atoms in total. The van der Waals surface area contributed by atoms with Crippen molar-refractivity contribution in [2.24, 2.45) is 0 Å². The van der Waals surface area contributed by atoms with E-state index in [-0.39, 0.29) is 29.5 Å². The lowest BCUT2D eigenvalue weighted by atomic mass is 10.1. The van der Waals surface area contributed by atoms with Gasteiger partial charge >= 0.3 is 0 Å². The van der Waals surface area contributed by atoms with Gasteiger partial charge in [-0.2, -0.15) is 0 Å². The number of sulfonamides is 1. The molecule has 0 aliphatic carbocycles. The molecule has 0 aliphatic heterocycles. The summed E-state index contributed by atoms with van der Waals surface area (Å²) in [5.74, 6) is -0.998. The molecule has 226 valence electrons. The number of aryl methyl sites for hydroxylation is 2. The molecule has 1 N–H and O–H groups in total. The van der Waals surface area contributed by atoms with Crippen LogP contribution in [-0.2, 0) is 26.2 Å². The number of nitrogens with zero attached hydrogens (tertiary/aromatic N) is 2. The summed E-state index contributed by atoms with van der Waals surface area (Å²) in [5, 5.41) is 3.92. The van der Waals surface area contributed by atoms with Crippen molar-refractivity contribution in [1.82, 2.24) is 10.2 Å². The summed E-state index contributed by atoms with van der Waals surface area (Å²) < 4.78 is 29.0. The minimum atomic E-state index is -4.23. The van der Waals surface area contributed by atoms with Crippen LogP contribution in [0.15, 0.2) is 65.6 Å². The third-order valence-corrected chi connectivity index (χ3v) is 9.51. The first-order valence-electron chi connectivity index (χ1n) is 13.4. The number of rotatable bonds is 10. The maximum absolute atomic E-state index is 14.2. The van der Waals surface area contributed by atoms with Crippen molar-refractivity contribution >= 4 is 62.3 Å². The molecule has 42 heavy (non-hydrogen) atoms. The van der Waals surface area contributed by atoms with Crippen molar-refractivity contribution in [3.8, 4) is 0 Å². The number of anilines is 1. The lowest BCUT2D eigenvalue weighted by Crippen LogP contribution is -2.55. The van der Waals surface area contributed by atoms with E-state index in [1.165, 1.54) is 23.1 Å². The molecular formula is C31H36Cl3N3O4S. The van der Waals surface area contributed by atoms with Crippen molar-refractivity contribution < 1.29 is 18.0 Å². The largest absolute Gasteiger partial charge is 0.350 e. The van der Waals surface area contributed by atoms with Gasteiger partial charge in [0.1, 0.15) is 12.6 Å². The highest BCUT2D eigenvalue weighted by Crippen LogP contribution is 2.30. The third-order valence-electron chi connectivity index (χ3n) is 6.61. The van der Waals surface area contributed by atoms with Crippen molar-refractivity contribution in [3.05, 3.63) is 92.4 Å². The zero-order chi connectivity index (χ0) is 31.4. The Balaban J connectivity index is 2.14. The Bertz CT molecular complexity index is 1530. The predicted molar refractivity (Wildman–Crippen MR) is 171 cm³/mol. The summed E-state index contributed by atoms with van der Waals surface area (Å²) in [6, 6.07) is 15.2. The number of hydrogen-bond donors (Lipinski definition) is 1. The average molecular weight is 653 g/mol. The van der Waals surface area contributed by atoms with Crippen LogP contribution >= 0.6 is 34.8 Å². The standard InChI is InChI=1S/C31H36Cl3N3O4S/c1-7-28(30(39)35-31(4,5)6)36(18-24-25(32)9-8-10-26(24)33)29(38)19-37(22-14-13-21(3)27(34)17-22)42(40,41)23-15-11-20(2)12-16-23/h8-17,28H,7,18-19H2,1-6H3,(H,35,39). The first-order chi connectivity index (χ1) is 19.5. The number of amides is 2. The number of nitrogens with one attached hydrogen (secondary N) is 1. The van der Waals surface area contributed by atoms with Gasteiger partial charge in [0, 0.05) is 32.7 Å². The third kappa shape index (κ3) is 8.19. The van der Waals surface area contributed by atoms with Gasteiger partial charge in [0.05, 0.1) is 10.6 Å². The Morgan fingerprint density at radius 2 is 1.50 bits per heavy atom. The highest BCUT2D eigenvalue weighted by atomic mass is 35.5. The molecule has 0 saturated heterocycles. The van der Waals surface area contributed by atoms with Gasteiger partial charge in [0.15, 0.2) is 0 Å². The SMILES string of the molecule is CCC(C(=O)NC(C)(C)C)N(Cc1c(Cl)cccc1Cl)C(=O)CN(c1ccc(C)c(Cl)c1)S(=O)(=O)c1ccc(C)cc1. The zero-order valence-corrected chi connectivity index (χ0v) is 27.6. The Hall–Kier alpha value is -2.78. The van der Waals surface area contributed by atoms with E-state index in [2.05, 4.69) is 5.32 Å². The van der Waals surface area contributed by atoms with Crippen LogP contribution in [-0.4, -0.2) is 43.3 Å². The maximum atomic E-state index is 14.2. The zero-order valence-electron chi connectivity index (χ0n) is 24.5. The summed E-state index contributed by atoms with van der Waals surface area (Å²) >= 11 is 19.3. The maximum Gasteiger partial charge on any atom is 0.264 e. The number of hydrogen-bond acceptors (Lipinski definition) is 4. The fraction of sp³-hybridized carbons (Fsp3) is 0.355. The molecule has 0 radical (unpaired) electrons. The van der Waals surface area contributed by atoms with Crippen LogP contribution in [0.25, 0.3) is 0 Å². The van der Waals surface area contributed by atoms with E-state index in [1.807, 2.05) is 27.7 Å². The molecule has 0 spiro atoms. The lowest BCUT2D eigenvalue weighted by molar-refractivity contribution is -0.141. The Morgan fingerprint density at radius 3 is 2.02 bits per heavy atom. The van der Waals surface area contributed by atoms with Crippen LogP contribution in [0.5, 0.6) is 0 Å². The van der Waals surface area contributed by atoms with Crippen molar-refractivity contribution in [3.63, 3.8) is 0 Å². The Labute approximate surface area is 263 Å². The normalized spacial score (nSPS) is 12.5. The molecule has 3 aromatic rings. The molecular weight excluding hydrogens is 617 g/mol. The van der Waals surface area contributed by atoms with Gasteiger partial charge in [-0.25, -0.2) is 8.42 Å². The van der Waals surface area contributed by atoms with Crippen LogP contribution in [0.2, 0.25) is 15.1 Å². The monoisotopic (exact) mass is 651 g/mol. The molecule has 0 bridgehead atoms. The van der Waals surface area contributed by atoms with Gasteiger partial charge in [-0.15, -0.1) is 0 Å². The minimum Gasteiger partial charge on any atom is -0.350 e. The smallest absolute Gasteiger partial charge is 0.264 e. The van der Waals surface area contributed by atoms with E-state index in [4.69, 9.17) is 34.8 Å². The van der Waals surface area contributed by atoms with E-state index < -0.39 is 34.1 Å². The lowest BCUT2D eigenvalue weighted by Gasteiger charge is -2.35. The van der Waals surface area contributed by atoms with Crippen molar-refractivity contribution in [2.45, 2.75) is 71.0 Å². The van der Waals surface area contributed by atoms with Gasteiger partial charge in [-0.05, 0) is 83.0 Å². The average Bonchev–Trinajstić information content (AvgIpc) is 2.89. The van der Waals surface area contributed by atoms with E-state index in [1.54, 1.807) is 56.3 Å². The number of halogens is 3. The highest BCUT2D eigenvalue weighted by Gasteiger charge is 2.35. The first kappa shape index (κ1) is 33.7. The second kappa shape index (κ2) is 13.7. The van der Waals surface area contributed by atoms with Gasteiger partial charge in [-0.3, -0.25) is 13.9 Å². The van der Waals surface area contributed by atoms with E-state index in [9.17, 15) is 18.0 Å². The molecule has 1 atom stereocenters. The summed E-state index contributed by atoms with van der Waals surface area (Å²) in [4.78, 5) is 29.0. The summed E-state index contributed by atoms with van der Waals surface area (Å²) in [5.41, 5.74) is 1.72. The molecule has 0 aliphatic rings.